The summed E-state index contributed by atoms with van der Waals surface area (Å²) in [4.78, 5) is 0. The van der Waals surface area contributed by atoms with Crippen molar-refractivity contribution in [1.82, 2.24) is 5.32 Å². The number of rotatable bonds is 7. The van der Waals surface area contributed by atoms with E-state index in [1.165, 1.54) is 19.3 Å². The van der Waals surface area contributed by atoms with E-state index in [9.17, 15) is 0 Å². The second kappa shape index (κ2) is 7.82. The third-order valence-corrected chi connectivity index (χ3v) is 2.99. The smallest absolute Gasteiger partial charge is 0.0672 e. The van der Waals surface area contributed by atoms with Gasteiger partial charge in [0.2, 0.25) is 0 Å². The SMILES string of the molecule is C=C(C)COCCNC1CCCC(OC)C1. The van der Waals surface area contributed by atoms with E-state index in [0.717, 1.165) is 25.1 Å². The van der Waals surface area contributed by atoms with Crippen molar-refractivity contribution in [2.45, 2.75) is 44.8 Å². The van der Waals surface area contributed by atoms with Gasteiger partial charge in [-0.2, -0.15) is 0 Å². The minimum atomic E-state index is 0.447. The molecule has 1 aliphatic carbocycles. The molecule has 0 heterocycles. The number of nitrogens with one attached hydrogen (secondary N) is 1. The predicted molar refractivity (Wildman–Crippen MR) is 66.7 cm³/mol. The molecular weight excluding hydrogens is 202 g/mol. The van der Waals surface area contributed by atoms with E-state index >= 15 is 0 Å². The van der Waals surface area contributed by atoms with Gasteiger partial charge in [0.15, 0.2) is 0 Å². The monoisotopic (exact) mass is 227 g/mol. The Labute approximate surface area is 99.2 Å². The van der Waals surface area contributed by atoms with E-state index < -0.39 is 0 Å². The Morgan fingerprint density at radius 2 is 2.25 bits per heavy atom. The maximum Gasteiger partial charge on any atom is 0.0672 e. The van der Waals surface area contributed by atoms with Crippen molar-refractivity contribution in [3.8, 4) is 0 Å². The van der Waals surface area contributed by atoms with Crippen LogP contribution in [0.1, 0.15) is 32.6 Å². The Bertz CT molecular complexity index is 206. The second-order valence-corrected chi connectivity index (χ2v) is 4.69. The Morgan fingerprint density at radius 1 is 1.44 bits per heavy atom. The lowest BCUT2D eigenvalue weighted by atomic mass is 9.93. The molecule has 0 bridgehead atoms. The van der Waals surface area contributed by atoms with Gasteiger partial charge in [-0.3, -0.25) is 0 Å². The summed E-state index contributed by atoms with van der Waals surface area (Å²) in [5.74, 6) is 0. The molecule has 0 aromatic rings. The van der Waals surface area contributed by atoms with Crippen LogP contribution in [-0.4, -0.2) is 39.0 Å². The summed E-state index contributed by atoms with van der Waals surface area (Å²) >= 11 is 0. The van der Waals surface area contributed by atoms with Crippen LogP contribution in [0, 0.1) is 0 Å². The lowest BCUT2D eigenvalue weighted by molar-refractivity contribution is 0.0569. The molecule has 0 aromatic heterocycles. The third-order valence-electron chi connectivity index (χ3n) is 2.99. The van der Waals surface area contributed by atoms with Gasteiger partial charge in [-0.25, -0.2) is 0 Å². The molecule has 3 heteroatoms. The molecule has 2 atom stereocenters. The Hall–Kier alpha value is -0.380. The lowest BCUT2D eigenvalue weighted by Crippen LogP contribution is -2.38. The van der Waals surface area contributed by atoms with Gasteiger partial charge in [-0.1, -0.05) is 12.2 Å². The Morgan fingerprint density at radius 3 is 2.94 bits per heavy atom. The molecule has 1 fully saturated rings. The van der Waals surface area contributed by atoms with Crippen LogP contribution in [0.2, 0.25) is 0 Å². The highest BCUT2D eigenvalue weighted by Crippen LogP contribution is 2.20. The van der Waals surface area contributed by atoms with Crippen molar-refractivity contribution in [3.05, 3.63) is 12.2 Å². The first kappa shape index (κ1) is 13.7. The van der Waals surface area contributed by atoms with E-state index in [1.54, 1.807) is 0 Å². The quantitative estimate of drug-likeness (QED) is 0.534. The highest BCUT2D eigenvalue weighted by atomic mass is 16.5. The van der Waals surface area contributed by atoms with Crippen molar-refractivity contribution in [2.24, 2.45) is 0 Å². The highest BCUT2D eigenvalue weighted by molar-refractivity contribution is 4.87. The van der Waals surface area contributed by atoms with Gasteiger partial charge in [-0.15, -0.1) is 0 Å². The summed E-state index contributed by atoms with van der Waals surface area (Å²) < 4.78 is 10.8. The third kappa shape index (κ3) is 5.64. The molecule has 0 saturated heterocycles. The summed E-state index contributed by atoms with van der Waals surface area (Å²) in [5, 5.41) is 3.52. The molecule has 2 unspecified atom stereocenters. The van der Waals surface area contributed by atoms with Gasteiger partial charge < -0.3 is 14.8 Å². The van der Waals surface area contributed by atoms with Crippen molar-refractivity contribution >= 4 is 0 Å². The highest BCUT2D eigenvalue weighted by Gasteiger charge is 2.20. The zero-order valence-electron chi connectivity index (χ0n) is 10.6. The number of hydrogen-bond donors (Lipinski definition) is 1. The molecule has 16 heavy (non-hydrogen) atoms. The summed E-state index contributed by atoms with van der Waals surface area (Å²) in [6, 6.07) is 0.604. The van der Waals surface area contributed by atoms with Crippen LogP contribution < -0.4 is 5.32 Å². The van der Waals surface area contributed by atoms with E-state index in [2.05, 4.69) is 11.9 Å². The summed E-state index contributed by atoms with van der Waals surface area (Å²) in [5.41, 5.74) is 1.08. The fraction of sp³-hybridized carbons (Fsp3) is 0.846. The van der Waals surface area contributed by atoms with Crippen LogP contribution in [0.3, 0.4) is 0 Å². The van der Waals surface area contributed by atoms with Crippen LogP contribution in [0.15, 0.2) is 12.2 Å². The molecule has 0 amide bonds. The van der Waals surface area contributed by atoms with E-state index in [-0.39, 0.29) is 0 Å². The first-order valence-corrected chi connectivity index (χ1v) is 6.20. The van der Waals surface area contributed by atoms with Crippen LogP contribution in [0.4, 0.5) is 0 Å². The summed E-state index contributed by atoms with van der Waals surface area (Å²) in [7, 11) is 1.81. The second-order valence-electron chi connectivity index (χ2n) is 4.69. The fourth-order valence-electron chi connectivity index (χ4n) is 2.13. The van der Waals surface area contributed by atoms with Gasteiger partial charge in [0.05, 0.1) is 19.3 Å². The first-order chi connectivity index (χ1) is 7.72. The number of methoxy groups -OCH3 is 1. The molecule has 1 N–H and O–H groups in total. The Kier molecular flexibility index (Phi) is 6.69. The van der Waals surface area contributed by atoms with Crippen molar-refractivity contribution < 1.29 is 9.47 Å². The molecule has 0 spiro atoms. The average Bonchev–Trinajstić information content (AvgIpc) is 2.28. The fourth-order valence-corrected chi connectivity index (χ4v) is 2.13. The van der Waals surface area contributed by atoms with Crippen LogP contribution >= 0.6 is 0 Å². The van der Waals surface area contributed by atoms with Crippen LogP contribution in [0.25, 0.3) is 0 Å². The molecule has 1 aliphatic rings. The first-order valence-electron chi connectivity index (χ1n) is 6.20. The number of ether oxygens (including phenoxy) is 2. The van der Waals surface area contributed by atoms with E-state index in [4.69, 9.17) is 9.47 Å². The molecule has 0 aromatic carbocycles. The standard InChI is InChI=1S/C13H25NO2/c1-11(2)10-16-8-7-14-12-5-4-6-13(9-12)15-3/h12-14H,1,4-10H2,2-3H3. The minimum absolute atomic E-state index is 0.447. The van der Waals surface area contributed by atoms with Crippen molar-refractivity contribution in [2.75, 3.05) is 26.9 Å². The van der Waals surface area contributed by atoms with Crippen LogP contribution in [0.5, 0.6) is 0 Å². The average molecular weight is 227 g/mol. The van der Waals surface area contributed by atoms with Crippen LogP contribution in [-0.2, 0) is 9.47 Å². The minimum Gasteiger partial charge on any atom is -0.381 e. The van der Waals surface area contributed by atoms with Gasteiger partial charge in [0, 0.05) is 19.7 Å². The molecule has 0 aliphatic heterocycles. The molecule has 0 radical (unpaired) electrons. The van der Waals surface area contributed by atoms with Gasteiger partial charge in [-0.05, 0) is 32.6 Å². The number of hydrogen-bond acceptors (Lipinski definition) is 3. The van der Waals surface area contributed by atoms with E-state index in [1.807, 2.05) is 14.0 Å². The molecule has 1 saturated carbocycles. The largest absolute Gasteiger partial charge is 0.381 e. The predicted octanol–water partition coefficient (Wildman–Crippen LogP) is 2.13. The van der Waals surface area contributed by atoms with E-state index in [0.29, 0.717) is 18.8 Å². The molecule has 1 rings (SSSR count). The van der Waals surface area contributed by atoms with Crippen molar-refractivity contribution in [3.63, 3.8) is 0 Å². The molecule has 3 nitrogen and oxygen atoms in total. The zero-order chi connectivity index (χ0) is 11.8. The lowest BCUT2D eigenvalue weighted by Gasteiger charge is -2.28. The summed E-state index contributed by atoms with van der Waals surface area (Å²) in [6.45, 7) is 8.15. The molecular formula is C13H25NO2. The zero-order valence-corrected chi connectivity index (χ0v) is 10.6. The van der Waals surface area contributed by atoms with Gasteiger partial charge in [0.1, 0.15) is 0 Å². The topological polar surface area (TPSA) is 30.5 Å². The summed E-state index contributed by atoms with van der Waals surface area (Å²) in [6.07, 6.45) is 5.32. The maximum atomic E-state index is 5.45. The normalized spacial score (nSPS) is 25.6. The maximum absolute atomic E-state index is 5.45. The Balaban J connectivity index is 2.01. The van der Waals surface area contributed by atoms with Gasteiger partial charge >= 0.3 is 0 Å². The van der Waals surface area contributed by atoms with Crippen molar-refractivity contribution in [1.29, 1.82) is 0 Å². The molecule has 94 valence electrons. The van der Waals surface area contributed by atoms with Gasteiger partial charge in [0.25, 0.3) is 0 Å².